The maximum atomic E-state index is 12.3. The summed E-state index contributed by atoms with van der Waals surface area (Å²) in [7, 11) is 6.67. The lowest BCUT2D eigenvalue weighted by atomic mass is 10.1. The Morgan fingerprint density at radius 1 is 1.07 bits per heavy atom. The standard InChI is InChI=1S/C29H27N5O5S2/c1-6-25-20(31-26(40-25)16-7-9-17(10-8-16)27(35)33(2)3)15-38-22-11-18(36-4)12-23-19(22)13-24(39-23)21-14-30-28-34(21)32-29(37-5)41-28/h7-14H,6,15H2,1-5H3. The van der Waals surface area contributed by atoms with Gasteiger partial charge in [0.15, 0.2) is 5.76 Å². The monoisotopic (exact) mass is 589 g/mol. The summed E-state index contributed by atoms with van der Waals surface area (Å²) in [4.78, 5) is 25.0. The Kier molecular flexibility index (Phi) is 7.10. The van der Waals surface area contributed by atoms with E-state index in [0.717, 1.165) is 32.9 Å². The predicted molar refractivity (Wildman–Crippen MR) is 158 cm³/mol. The van der Waals surface area contributed by atoms with Crippen LogP contribution in [0.4, 0.5) is 0 Å². The summed E-state index contributed by atoms with van der Waals surface area (Å²) in [5.41, 5.74) is 3.79. The van der Waals surface area contributed by atoms with E-state index in [0.29, 0.717) is 44.3 Å². The smallest absolute Gasteiger partial charge is 0.294 e. The van der Waals surface area contributed by atoms with Crippen molar-refractivity contribution in [1.82, 2.24) is 24.5 Å². The van der Waals surface area contributed by atoms with Crippen LogP contribution < -0.4 is 14.2 Å². The number of hydrogen-bond donors (Lipinski definition) is 0. The molecular formula is C29H27N5O5S2. The summed E-state index contributed by atoms with van der Waals surface area (Å²) >= 11 is 2.98. The van der Waals surface area contributed by atoms with Crippen molar-refractivity contribution in [2.45, 2.75) is 20.0 Å². The van der Waals surface area contributed by atoms with Gasteiger partial charge >= 0.3 is 0 Å². The molecule has 0 spiro atoms. The van der Waals surface area contributed by atoms with Crippen molar-refractivity contribution < 1.29 is 23.4 Å². The van der Waals surface area contributed by atoms with E-state index in [2.05, 4.69) is 17.0 Å². The number of hydrogen-bond acceptors (Lipinski definition) is 10. The molecule has 10 nitrogen and oxygen atoms in total. The Labute approximate surface area is 243 Å². The van der Waals surface area contributed by atoms with Gasteiger partial charge in [-0.05, 0) is 36.0 Å². The number of ether oxygens (including phenoxy) is 3. The molecule has 0 aliphatic rings. The number of thiazole rings is 1. The number of benzene rings is 2. The van der Waals surface area contributed by atoms with E-state index in [-0.39, 0.29) is 12.5 Å². The normalized spacial score (nSPS) is 11.3. The molecule has 0 aliphatic heterocycles. The van der Waals surface area contributed by atoms with Crippen LogP contribution in [0, 0.1) is 0 Å². The minimum atomic E-state index is -0.0324. The Hall–Kier alpha value is -4.42. The number of methoxy groups -OCH3 is 2. The zero-order valence-electron chi connectivity index (χ0n) is 23.1. The first-order valence-electron chi connectivity index (χ1n) is 12.8. The summed E-state index contributed by atoms with van der Waals surface area (Å²) in [6, 6.07) is 13.1. The topological polar surface area (TPSA) is 104 Å². The fourth-order valence-corrected chi connectivity index (χ4v) is 6.13. The summed E-state index contributed by atoms with van der Waals surface area (Å²) in [5, 5.41) is 6.65. The molecule has 0 radical (unpaired) electrons. The number of aryl methyl sites for hydroxylation is 1. The van der Waals surface area contributed by atoms with Crippen molar-refractivity contribution in [3.05, 3.63) is 64.8 Å². The van der Waals surface area contributed by atoms with Gasteiger partial charge in [0.05, 0.1) is 31.5 Å². The van der Waals surface area contributed by atoms with E-state index in [1.807, 2.05) is 42.5 Å². The van der Waals surface area contributed by atoms with Crippen LogP contribution in [-0.4, -0.2) is 58.7 Å². The zero-order valence-corrected chi connectivity index (χ0v) is 24.8. The summed E-state index contributed by atoms with van der Waals surface area (Å²) in [6.45, 7) is 2.38. The highest BCUT2D eigenvalue weighted by Crippen LogP contribution is 2.38. The lowest BCUT2D eigenvalue weighted by molar-refractivity contribution is 0.0827. The largest absolute Gasteiger partial charge is 0.496 e. The molecule has 6 aromatic rings. The first kappa shape index (κ1) is 26.8. The molecule has 6 rings (SSSR count). The molecule has 2 aromatic carbocycles. The molecule has 0 bridgehead atoms. The van der Waals surface area contributed by atoms with Gasteiger partial charge < -0.3 is 23.5 Å². The van der Waals surface area contributed by atoms with Crippen LogP contribution in [0.25, 0.3) is 38.0 Å². The van der Waals surface area contributed by atoms with Crippen LogP contribution in [0.1, 0.15) is 27.9 Å². The maximum Gasteiger partial charge on any atom is 0.294 e. The minimum Gasteiger partial charge on any atom is -0.496 e. The van der Waals surface area contributed by atoms with Crippen molar-refractivity contribution >= 4 is 44.5 Å². The number of amides is 1. The fourth-order valence-electron chi connectivity index (χ4n) is 4.43. The van der Waals surface area contributed by atoms with Gasteiger partial charge in [-0.25, -0.2) is 9.97 Å². The number of aromatic nitrogens is 4. The Balaban J connectivity index is 1.29. The van der Waals surface area contributed by atoms with Crippen molar-refractivity contribution in [3.8, 4) is 38.7 Å². The van der Waals surface area contributed by atoms with Crippen LogP contribution in [0.2, 0.25) is 0 Å². The van der Waals surface area contributed by atoms with Gasteiger partial charge in [0.2, 0.25) is 4.96 Å². The molecule has 41 heavy (non-hydrogen) atoms. The van der Waals surface area contributed by atoms with Crippen LogP contribution in [0.15, 0.2) is 53.1 Å². The number of rotatable bonds is 9. The average Bonchev–Trinajstić information content (AvgIpc) is 3.77. The molecule has 0 fully saturated rings. The molecule has 4 aromatic heterocycles. The third kappa shape index (κ3) is 5.00. The van der Waals surface area contributed by atoms with E-state index < -0.39 is 0 Å². The van der Waals surface area contributed by atoms with Crippen LogP contribution in [0.5, 0.6) is 16.7 Å². The second-order valence-corrected chi connectivity index (χ2v) is 11.4. The van der Waals surface area contributed by atoms with E-state index in [1.165, 1.54) is 11.3 Å². The molecule has 1 amide bonds. The fraction of sp³-hybridized carbons (Fsp3) is 0.241. The van der Waals surface area contributed by atoms with Crippen molar-refractivity contribution in [1.29, 1.82) is 0 Å². The van der Waals surface area contributed by atoms with Gasteiger partial charge in [-0.15, -0.1) is 16.4 Å². The lowest BCUT2D eigenvalue weighted by Crippen LogP contribution is -2.21. The first-order valence-corrected chi connectivity index (χ1v) is 14.5. The van der Waals surface area contributed by atoms with E-state index in [9.17, 15) is 4.79 Å². The quantitative estimate of drug-likeness (QED) is 0.197. The molecule has 0 N–H and O–H groups in total. The van der Waals surface area contributed by atoms with Gasteiger partial charge in [-0.2, -0.15) is 4.52 Å². The van der Waals surface area contributed by atoms with Gasteiger partial charge in [-0.3, -0.25) is 4.79 Å². The van der Waals surface area contributed by atoms with Crippen molar-refractivity contribution in [2.24, 2.45) is 0 Å². The number of nitrogens with zero attached hydrogens (tertiary/aromatic N) is 5. The molecule has 12 heteroatoms. The molecule has 4 heterocycles. The second-order valence-electron chi connectivity index (χ2n) is 9.37. The third-order valence-corrected chi connectivity index (χ3v) is 8.73. The highest BCUT2D eigenvalue weighted by atomic mass is 32.1. The van der Waals surface area contributed by atoms with E-state index >= 15 is 0 Å². The van der Waals surface area contributed by atoms with E-state index in [4.69, 9.17) is 23.6 Å². The third-order valence-electron chi connectivity index (χ3n) is 6.55. The Morgan fingerprint density at radius 3 is 2.59 bits per heavy atom. The summed E-state index contributed by atoms with van der Waals surface area (Å²) in [5.74, 6) is 1.80. The average molecular weight is 590 g/mol. The molecular weight excluding hydrogens is 562 g/mol. The van der Waals surface area contributed by atoms with Gasteiger partial charge in [-0.1, -0.05) is 19.1 Å². The number of carbonyl (C=O) groups is 1. The Morgan fingerprint density at radius 2 is 1.88 bits per heavy atom. The van der Waals surface area contributed by atoms with E-state index in [1.54, 1.807) is 55.3 Å². The molecule has 0 unspecified atom stereocenters. The summed E-state index contributed by atoms with van der Waals surface area (Å²) < 4.78 is 25.1. The molecule has 210 valence electrons. The van der Waals surface area contributed by atoms with Crippen molar-refractivity contribution in [2.75, 3.05) is 28.3 Å². The number of imidazole rings is 1. The highest BCUT2D eigenvalue weighted by Gasteiger charge is 2.20. The molecule has 0 aliphatic carbocycles. The number of furan rings is 1. The Bertz CT molecular complexity index is 1870. The predicted octanol–water partition coefficient (Wildman–Crippen LogP) is 6.19. The number of carbonyl (C=O) groups excluding carboxylic acids is 1. The molecule has 0 saturated carbocycles. The zero-order chi connectivity index (χ0) is 28.7. The molecule has 0 atom stereocenters. The van der Waals surface area contributed by atoms with Gasteiger partial charge in [0.1, 0.15) is 34.4 Å². The lowest BCUT2D eigenvalue weighted by Gasteiger charge is -2.10. The maximum absolute atomic E-state index is 12.3. The number of fused-ring (bicyclic) bond motifs is 2. The van der Waals surface area contributed by atoms with Gasteiger partial charge in [0.25, 0.3) is 11.1 Å². The van der Waals surface area contributed by atoms with Crippen LogP contribution in [-0.2, 0) is 13.0 Å². The second kappa shape index (κ2) is 10.9. The van der Waals surface area contributed by atoms with Crippen LogP contribution in [0.3, 0.4) is 0 Å². The molecule has 0 saturated heterocycles. The minimum absolute atomic E-state index is 0.0324. The van der Waals surface area contributed by atoms with Crippen LogP contribution >= 0.6 is 22.7 Å². The SMILES string of the molecule is CCc1sc(-c2ccc(C(=O)N(C)C)cc2)nc1COc1cc(OC)cc2oc(-c3cnc4sc(OC)nn34)cc12. The summed E-state index contributed by atoms with van der Waals surface area (Å²) in [6.07, 6.45) is 2.55. The first-order chi connectivity index (χ1) is 19.9. The van der Waals surface area contributed by atoms with Gasteiger partial charge in [0, 0.05) is 42.2 Å². The van der Waals surface area contributed by atoms with Crippen molar-refractivity contribution in [3.63, 3.8) is 0 Å². The highest BCUT2D eigenvalue weighted by molar-refractivity contribution is 7.18.